The molecule has 0 bridgehead atoms. The molecule has 0 saturated heterocycles. The Kier molecular flexibility index (Phi) is 4.08. The first-order valence-electron chi connectivity index (χ1n) is 10.2. The Morgan fingerprint density at radius 1 is 0.719 bits per heavy atom. The number of hydrogen-bond acceptors (Lipinski definition) is 2. The van der Waals surface area contributed by atoms with Crippen molar-refractivity contribution in [3.63, 3.8) is 0 Å². The lowest BCUT2D eigenvalue weighted by molar-refractivity contribution is -0.137. The zero-order valence-corrected chi connectivity index (χ0v) is 17.8. The Labute approximate surface area is 185 Å². The van der Waals surface area contributed by atoms with Crippen LogP contribution in [0, 0.1) is 6.92 Å². The zero-order valence-electron chi connectivity index (χ0n) is 17.0. The molecule has 0 aliphatic rings. The van der Waals surface area contributed by atoms with E-state index in [0.717, 1.165) is 48.3 Å². The van der Waals surface area contributed by atoms with Crippen molar-refractivity contribution in [3.05, 3.63) is 90.1 Å². The average molecular weight is 443 g/mol. The van der Waals surface area contributed by atoms with Crippen molar-refractivity contribution >= 4 is 53.1 Å². The van der Waals surface area contributed by atoms with Gasteiger partial charge in [0.2, 0.25) is 0 Å². The van der Waals surface area contributed by atoms with Crippen molar-refractivity contribution in [2.24, 2.45) is 0 Å². The zero-order chi connectivity index (χ0) is 22.0. The summed E-state index contributed by atoms with van der Waals surface area (Å²) < 4.78 is 41.3. The van der Waals surface area contributed by atoms with Crippen LogP contribution in [-0.4, -0.2) is 4.98 Å². The van der Waals surface area contributed by atoms with Gasteiger partial charge in [0.15, 0.2) is 0 Å². The van der Waals surface area contributed by atoms with Crippen molar-refractivity contribution in [1.82, 2.24) is 4.98 Å². The first kappa shape index (κ1) is 19.3. The third-order valence-corrected chi connectivity index (χ3v) is 7.20. The second-order valence-corrected chi connectivity index (χ2v) is 9.09. The number of thiophene rings is 1. The van der Waals surface area contributed by atoms with Gasteiger partial charge in [0, 0.05) is 42.7 Å². The van der Waals surface area contributed by atoms with E-state index in [1.807, 2.05) is 24.4 Å². The molecule has 156 valence electrons. The predicted molar refractivity (Wildman–Crippen MR) is 127 cm³/mol. The molecule has 0 fully saturated rings. The van der Waals surface area contributed by atoms with Gasteiger partial charge in [-0.2, -0.15) is 13.2 Å². The third kappa shape index (κ3) is 2.88. The highest BCUT2D eigenvalue weighted by Gasteiger charge is 2.30. The standard InChI is InChI=1S/C27H16F3NS/c1-15-3-2-4-16(13-15)25-21-8-10-22-18(19(21)11-12-31-25)7-9-23-20-6-5-17(27(28,29)30)14-24(20)32-26(22)23/h2-14H,1H3. The minimum Gasteiger partial charge on any atom is -0.256 e. The summed E-state index contributed by atoms with van der Waals surface area (Å²) in [5, 5.41) is 6.11. The molecule has 5 heteroatoms. The maximum Gasteiger partial charge on any atom is 0.416 e. The van der Waals surface area contributed by atoms with Crippen molar-refractivity contribution < 1.29 is 13.2 Å². The minimum absolute atomic E-state index is 0.611. The van der Waals surface area contributed by atoms with Gasteiger partial charge in [-0.05, 0) is 42.0 Å². The number of aromatic nitrogens is 1. The smallest absolute Gasteiger partial charge is 0.256 e. The largest absolute Gasteiger partial charge is 0.416 e. The summed E-state index contributed by atoms with van der Waals surface area (Å²) in [6.45, 7) is 2.06. The molecule has 6 aromatic rings. The molecule has 2 heterocycles. The molecule has 0 aliphatic heterocycles. The predicted octanol–water partition coefficient (Wildman–Crippen LogP) is 8.75. The first-order chi connectivity index (χ1) is 15.4. The van der Waals surface area contributed by atoms with E-state index in [1.54, 1.807) is 6.07 Å². The summed E-state index contributed by atoms with van der Waals surface area (Å²) in [4.78, 5) is 4.65. The Hall–Kier alpha value is -3.44. The highest BCUT2D eigenvalue weighted by molar-refractivity contribution is 7.26. The van der Waals surface area contributed by atoms with Crippen LogP contribution < -0.4 is 0 Å². The molecule has 0 amide bonds. The molecule has 4 aromatic carbocycles. The van der Waals surface area contributed by atoms with Crippen LogP contribution in [0.15, 0.2) is 79.0 Å². The average Bonchev–Trinajstić information content (AvgIpc) is 3.16. The van der Waals surface area contributed by atoms with Gasteiger partial charge in [-0.25, -0.2) is 0 Å². The second-order valence-electron chi connectivity index (χ2n) is 8.04. The Bertz CT molecular complexity index is 1680. The van der Waals surface area contributed by atoms with Crippen LogP contribution in [0.2, 0.25) is 0 Å². The van der Waals surface area contributed by atoms with Crippen LogP contribution >= 0.6 is 11.3 Å². The fraction of sp³-hybridized carbons (Fsp3) is 0.0741. The van der Waals surface area contributed by atoms with Gasteiger partial charge in [-0.1, -0.05) is 54.1 Å². The fourth-order valence-corrected chi connectivity index (χ4v) is 5.77. The molecular weight excluding hydrogens is 427 g/mol. The highest BCUT2D eigenvalue weighted by Crippen LogP contribution is 2.43. The van der Waals surface area contributed by atoms with Gasteiger partial charge in [0.1, 0.15) is 0 Å². The van der Waals surface area contributed by atoms with Crippen LogP contribution in [0.4, 0.5) is 13.2 Å². The SMILES string of the molecule is Cc1cccc(-c2nccc3c2ccc2c3ccc3c4ccc(C(F)(F)F)cc4sc32)c1. The van der Waals surface area contributed by atoms with Gasteiger partial charge in [-0.15, -0.1) is 11.3 Å². The molecule has 0 aliphatic carbocycles. The van der Waals surface area contributed by atoms with E-state index in [0.29, 0.717) is 4.70 Å². The maximum atomic E-state index is 13.2. The van der Waals surface area contributed by atoms with Crippen molar-refractivity contribution in [2.45, 2.75) is 13.1 Å². The molecule has 6 rings (SSSR count). The summed E-state index contributed by atoms with van der Waals surface area (Å²) >= 11 is 1.42. The summed E-state index contributed by atoms with van der Waals surface area (Å²) in [6, 6.07) is 22.5. The van der Waals surface area contributed by atoms with Crippen LogP contribution in [0.1, 0.15) is 11.1 Å². The molecule has 0 unspecified atom stereocenters. The normalized spacial score (nSPS) is 12.4. The molecule has 2 aromatic heterocycles. The van der Waals surface area contributed by atoms with Gasteiger partial charge >= 0.3 is 6.18 Å². The van der Waals surface area contributed by atoms with E-state index in [1.165, 1.54) is 29.0 Å². The number of alkyl halides is 3. The summed E-state index contributed by atoms with van der Waals surface area (Å²) in [6.07, 6.45) is -2.52. The first-order valence-corrected chi connectivity index (χ1v) is 11.0. The second kappa shape index (κ2) is 6.78. The molecule has 0 radical (unpaired) electrons. The Morgan fingerprint density at radius 3 is 2.19 bits per heavy atom. The number of aryl methyl sites for hydroxylation is 1. The monoisotopic (exact) mass is 443 g/mol. The molecule has 0 atom stereocenters. The van der Waals surface area contributed by atoms with E-state index in [4.69, 9.17) is 0 Å². The van der Waals surface area contributed by atoms with E-state index >= 15 is 0 Å². The van der Waals surface area contributed by atoms with Crippen LogP contribution in [0.5, 0.6) is 0 Å². The number of pyridine rings is 1. The van der Waals surface area contributed by atoms with Crippen LogP contribution in [0.25, 0.3) is 53.0 Å². The van der Waals surface area contributed by atoms with Crippen molar-refractivity contribution in [3.8, 4) is 11.3 Å². The highest BCUT2D eigenvalue weighted by atomic mass is 32.1. The molecule has 0 N–H and O–H groups in total. The quantitative estimate of drug-likeness (QED) is 0.232. The molecule has 0 saturated carbocycles. The van der Waals surface area contributed by atoms with Crippen molar-refractivity contribution in [2.75, 3.05) is 0 Å². The molecular formula is C27H16F3NS. The summed E-state index contributed by atoms with van der Waals surface area (Å²) in [7, 11) is 0. The Balaban J connectivity index is 1.64. The van der Waals surface area contributed by atoms with E-state index in [2.05, 4.69) is 48.3 Å². The lowest BCUT2D eigenvalue weighted by Gasteiger charge is -2.10. The fourth-order valence-electron chi connectivity index (χ4n) is 4.50. The number of benzene rings is 4. The third-order valence-electron chi connectivity index (χ3n) is 6.00. The van der Waals surface area contributed by atoms with E-state index < -0.39 is 11.7 Å². The van der Waals surface area contributed by atoms with Gasteiger partial charge in [0.05, 0.1) is 11.3 Å². The summed E-state index contributed by atoms with van der Waals surface area (Å²) in [5.74, 6) is 0. The summed E-state index contributed by atoms with van der Waals surface area (Å²) in [5.41, 5.74) is 2.56. The molecule has 1 nitrogen and oxygen atoms in total. The lowest BCUT2D eigenvalue weighted by Crippen LogP contribution is -2.03. The minimum atomic E-state index is -4.35. The van der Waals surface area contributed by atoms with Crippen LogP contribution in [-0.2, 0) is 6.18 Å². The number of halogens is 3. The Morgan fingerprint density at radius 2 is 1.41 bits per heavy atom. The molecule has 0 spiro atoms. The van der Waals surface area contributed by atoms with Gasteiger partial charge in [-0.3, -0.25) is 4.98 Å². The number of nitrogens with zero attached hydrogens (tertiary/aromatic N) is 1. The number of hydrogen-bond donors (Lipinski definition) is 0. The van der Waals surface area contributed by atoms with Gasteiger partial charge < -0.3 is 0 Å². The molecule has 32 heavy (non-hydrogen) atoms. The maximum absolute atomic E-state index is 13.2. The van der Waals surface area contributed by atoms with E-state index in [-0.39, 0.29) is 0 Å². The topological polar surface area (TPSA) is 12.9 Å². The van der Waals surface area contributed by atoms with E-state index in [9.17, 15) is 13.2 Å². The number of rotatable bonds is 1. The number of fused-ring (bicyclic) bond motifs is 7. The van der Waals surface area contributed by atoms with Crippen molar-refractivity contribution in [1.29, 1.82) is 0 Å². The van der Waals surface area contributed by atoms with Gasteiger partial charge in [0.25, 0.3) is 0 Å². The van der Waals surface area contributed by atoms with Crippen LogP contribution in [0.3, 0.4) is 0 Å². The lowest BCUT2D eigenvalue weighted by atomic mass is 9.97.